The van der Waals surface area contributed by atoms with Crippen LogP contribution in [0.4, 0.5) is 0 Å². The molecule has 3 nitrogen and oxygen atoms in total. The van der Waals surface area contributed by atoms with Gasteiger partial charge in [-0.3, -0.25) is 4.79 Å². The van der Waals surface area contributed by atoms with Crippen LogP contribution in [0.3, 0.4) is 0 Å². The third kappa shape index (κ3) is 2.54. The minimum Gasteiger partial charge on any atom is -0.368 e. The first-order valence-electron chi connectivity index (χ1n) is 3.87. The summed E-state index contributed by atoms with van der Waals surface area (Å²) < 4.78 is 0.937. The summed E-state index contributed by atoms with van der Waals surface area (Å²) in [5, 5.41) is 2.85. The number of likely N-dealkylation sites (N-methyl/N-ethyl adjacent to an activating group) is 1. The highest BCUT2D eigenvalue weighted by Gasteiger charge is 2.14. The molecular weight excluding hydrogens is 232 g/mol. The largest absolute Gasteiger partial charge is 0.368 e. The second-order valence-electron chi connectivity index (χ2n) is 2.68. The average Bonchev–Trinajstić information content (AvgIpc) is 2.04. The number of halogens is 1. The zero-order chi connectivity index (χ0) is 9.84. The summed E-state index contributed by atoms with van der Waals surface area (Å²) in [5.74, 6) is -0.374. The first kappa shape index (κ1) is 10.2. The summed E-state index contributed by atoms with van der Waals surface area (Å²) >= 11 is 3.33. The highest BCUT2D eigenvalue weighted by molar-refractivity contribution is 9.10. The van der Waals surface area contributed by atoms with E-state index in [0.29, 0.717) is 0 Å². The number of hydrogen-bond donors (Lipinski definition) is 2. The van der Waals surface area contributed by atoms with Gasteiger partial charge in [0.1, 0.15) is 6.04 Å². The minimum absolute atomic E-state index is 0.374. The monoisotopic (exact) mass is 242 g/mol. The van der Waals surface area contributed by atoms with Crippen molar-refractivity contribution in [3.05, 3.63) is 34.3 Å². The first-order valence-corrected chi connectivity index (χ1v) is 4.66. The van der Waals surface area contributed by atoms with Crippen molar-refractivity contribution in [1.82, 2.24) is 5.32 Å². The predicted molar refractivity (Wildman–Crippen MR) is 55.1 cm³/mol. The number of carbonyl (C=O) groups is 1. The Labute approximate surface area is 85.4 Å². The van der Waals surface area contributed by atoms with Crippen LogP contribution in [0.25, 0.3) is 0 Å². The molecule has 0 radical (unpaired) electrons. The van der Waals surface area contributed by atoms with E-state index in [0.717, 1.165) is 10.0 Å². The molecular formula is C9H11BrN2O. The zero-order valence-corrected chi connectivity index (χ0v) is 8.84. The lowest BCUT2D eigenvalue weighted by Gasteiger charge is -2.12. The Bertz CT molecular complexity index is 314. The maximum atomic E-state index is 11.0. The van der Waals surface area contributed by atoms with E-state index in [4.69, 9.17) is 5.73 Å². The first-order chi connectivity index (χ1) is 6.15. The van der Waals surface area contributed by atoms with Crippen molar-refractivity contribution < 1.29 is 4.79 Å². The predicted octanol–water partition coefficient (Wildman–Crippen LogP) is 1.19. The fraction of sp³-hybridized carbons (Fsp3) is 0.222. The molecule has 0 aromatic heterocycles. The standard InChI is InChI=1S/C9H11BrN2O/c1-12-8(9(11)13)6-3-2-4-7(10)5-6/h2-5,8,12H,1H3,(H2,11,13)/t8-/m1/s1. The summed E-state index contributed by atoms with van der Waals surface area (Å²) in [6.07, 6.45) is 0. The molecule has 0 unspecified atom stereocenters. The molecule has 0 heterocycles. The van der Waals surface area contributed by atoms with Crippen molar-refractivity contribution >= 4 is 21.8 Å². The van der Waals surface area contributed by atoms with Crippen molar-refractivity contribution in [2.75, 3.05) is 7.05 Å². The lowest BCUT2D eigenvalue weighted by atomic mass is 10.1. The smallest absolute Gasteiger partial charge is 0.239 e. The number of primary amides is 1. The summed E-state index contributed by atoms with van der Waals surface area (Å²) in [5.41, 5.74) is 6.08. The van der Waals surface area contributed by atoms with Gasteiger partial charge in [-0.1, -0.05) is 28.1 Å². The number of nitrogens with one attached hydrogen (secondary N) is 1. The number of amides is 1. The highest BCUT2D eigenvalue weighted by Crippen LogP contribution is 2.17. The van der Waals surface area contributed by atoms with Crippen molar-refractivity contribution in [2.24, 2.45) is 5.73 Å². The van der Waals surface area contributed by atoms with Gasteiger partial charge in [-0.05, 0) is 24.7 Å². The van der Waals surface area contributed by atoms with Crippen molar-refractivity contribution in [3.8, 4) is 0 Å². The Morgan fingerprint density at radius 2 is 2.31 bits per heavy atom. The number of hydrogen-bond acceptors (Lipinski definition) is 2. The van der Waals surface area contributed by atoms with Gasteiger partial charge in [0.25, 0.3) is 0 Å². The Morgan fingerprint density at radius 1 is 1.62 bits per heavy atom. The summed E-state index contributed by atoms with van der Waals surface area (Å²) in [6, 6.07) is 7.07. The lowest BCUT2D eigenvalue weighted by molar-refractivity contribution is -0.120. The number of carbonyl (C=O) groups excluding carboxylic acids is 1. The summed E-state index contributed by atoms with van der Waals surface area (Å²) in [4.78, 5) is 11.0. The Kier molecular flexibility index (Phi) is 3.45. The molecule has 1 rings (SSSR count). The molecule has 0 aliphatic carbocycles. The SMILES string of the molecule is CN[C@@H](C(N)=O)c1cccc(Br)c1. The molecule has 13 heavy (non-hydrogen) atoms. The molecule has 4 heteroatoms. The highest BCUT2D eigenvalue weighted by atomic mass is 79.9. The topological polar surface area (TPSA) is 55.1 Å². The van der Waals surface area contributed by atoms with E-state index in [9.17, 15) is 4.79 Å². The number of rotatable bonds is 3. The van der Waals surface area contributed by atoms with Gasteiger partial charge in [-0.2, -0.15) is 0 Å². The van der Waals surface area contributed by atoms with E-state index < -0.39 is 6.04 Å². The van der Waals surface area contributed by atoms with Crippen LogP contribution in [-0.2, 0) is 4.79 Å². The third-order valence-corrected chi connectivity index (χ3v) is 2.25. The summed E-state index contributed by atoms with van der Waals surface area (Å²) in [6.45, 7) is 0. The maximum absolute atomic E-state index is 11.0. The van der Waals surface area contributed by atoms with Crippen LogP contribution in [-0.4, -0.2) is 13.0 Å². The van der Waals surface area contributed by atoms with Gasteiger partial charge in [0.15, 0.2) is 0 Å². The fourth-order valence-electron chi connectivity index (χ4n) is 1.16. The molecule has 1 atom stereocenters. The lowest BCUT2D eigenvalue weighted by Crippen LogP contribution is -2.31. The van der Waals surface area contributed by atoms with Crippen LogP contribution in [0.5, 0.6) is 0 Å². The van der Waals surface area contributed by atoms with Gasteiger partial charge in [-0.25, -0.2) is 0 Å². The molecule has 0 aliphatic heterocycles. The number of benzene rings is 1. The Balaban J connectivity index is 2.98. The number of nitrogens with two attached hydrogens (primary N) is 1. The third-order valence-electron chi connectivity index (χ3n) is 1.76. The van der Waals surface area contributed by atoms with Crippen LogP contribution >= 0.6 is 15.9 Å². The van der Waals surface area contributed by atoms with Gasteiger partial charge in [0.2, 0.25) is 5.91 Å². The van der Waals surface area contributed by atoms with E-state index in [1.165, 1.54) is 0 Å². The van der Waals surface area contributed by atoms with Crippen molar-refractivity contribution in [3.63, 3.8) is 0 Å². The molecule has 1 amide bonds. The van der Waals surface area contributed by atoms with Crippen LogP contribution < -0.4 is 11.1 Å². The molecule has 0 fully saturated rings. The molecule has 0 saturated carbocycles. The zero-order valence-electron chi connectivity index (χ0n) is 7.25. The molecule has 0 spiro atoms. The van der Waals surface area contributed by atoms with Gasteiger partial charge < -0.3 is 11.1 Å². The molecule has 0 saturated heterocycles. The van der Waals surface area contributed by atoms with E-state index in [1.54, 1.807) is 7.05 Å². The second kappa shape index (κ2) is 4.39. The second-order valence-corrected chi connectivity index (χ2v) is 3.59. The molecule has 0 bridgehead atoms. The Morgan fingerprint density at radius 3 is 2.77 bits per heavy atom. The van der Waals surface area contributed by atoms with Crippen LogP contribution in [0, 0.1) is 0 Å². The fourth-order valence-corrected chi connectivity index (χ4v) is 1.58. The molecule has 1 aromatic rings. The van der Waals surface area contributed by atoms with E-state index in [-0.39, 0.29) is 5.91 Å². The van der Waals surface area contributed by atoms with Gasteiger partial charge >= 0.3 is 0 Å². The Hall–Kier alpha value is -0.870. The maximum Gasteiger partial charge on any atom is 0.239 e. The van der Waals surface area contributed by atoms with Crippen LogP contribution in [0.1, 0.15) is 11.6 Å². The van der Waals surface area contributed by atoms with Crippen molar-refractivity contribution in [2.45, 2.75) is 6.04 Å². The van der Waals surface area contributed by atoms with Gasteiger partial charge in [0, 0.05) is 4.47 Å². The molecule has 70 valence electrons. The summed E-state index contributed by atoms with van der Waals surface area (Å²) in [7, 11) is 1.70. The van der Waals surface area contributed by atoms with Gasteiger partial charge in [0.05, 0.1) is 0 Å². The van der Waals surface area contributed by atoms with E-state index in [2.05, 4.69) is 21.2 Å². The van der Waals surface area contributed by atoms with Crippen LogP contribution in [0.15, 0.2) is 28.7 Å². The molecule has 3 N–H and O–H groups in total. The van der Waals surface area contributed by atoms with Crippen LogP contribution in [0.2, 0.25) is 0 Å². The van der Waals surface area contributed by atoms with Crippen molar-refractivity contribution in [1.29, 1.82) is 0 Å². The normalized spacial score (nSPS) is 12.5. The van der Waals surface area contributed by atoms with E-state index in [1.807, 2.05) is 24.3 Å². The van der Waals surface area contributed by atoms with Gasteiger partial charge in [-0.15, -0.1) is 0 Å². The average molecular weight is 243 g/mol. The molecule has 1 aromatic carbocycles. The minimum atomic E-state index is -0.419. The quantitative estimate of drug-likeness (QED) is 0.837. The van der Waals surface area contributed by atoms with E-state index >= 15 is 0 Å². The molecule has 0 aliphatic rings.